The zero-order chi connectivity index (χ0) is 7.19. The van der Waals surface area contributed by atoms with Gasteiger partial charge in [0.2, 0.25) is 0 Å². The SMILES string of the molecule is [N-]=[N+]=C1CC12CCC(=O)C2. The van der Waals surface area contributed by atoms with Crippen LogP contribution in [-0.2, 0) is 4.79 Å². The van der Waals surface area contributed by atoms with Gasteiger partial charge in [-0.25, -0.2) is 0 Å². The Morgan fingerprint density at radius 2 is 2.30 bits per heavy atom. The predicted molar refractivity (Wildman–Crippen MR) is 34.5 cm³/mol. The first-order chi connectivity index (χ1) is 4.77. The number of rotatable bonds is 0. The van der Waals surface area contributed by atoms with Crippen molar-refractivity contribution in [2.75, 3.05) is 0 Å². The highest BCUT2D eigenvalue weighted by atomic mass is 16.1. The fourth-order valence-electron chi connectivity index (χ4n) is 1.75. The van der Waals surface area contributed by atoms with Crippen molar-refractivity contribution in [3.63, 3.8) is 0 Å². The average molecular weight is 136 g/mol. The van der Waals surface area contributed by atoms with Crippen molar-refractivity contribution in [1.29, 1.82) is 0 Å². The highest BCUT2D eigenvalue weighted by molar-refractivity contribution is 6.06. The van der Waals surface area contributed by atoms with Gasteiger partial charge >= 0.3 is 0 Å². The summed E-state index contributed by atoms with van der Waals surface area (Å²) in [6.07, 6.45) is 3.05. The summed E-state index contributed by atoms with van der Waals surface area (Å²) in [5.74, 6) is 0.318. The van der Waals surface area contributed by atoms with Crippen molar-refractivity contribution in [2.45, 2.75) is 25.7 Å². The van der Waals surface area contributed by atoms with E-state index >= 15 is 0 Å². The quantitative estimate of drug-likeness (QED) is 0.359. The minimum atomic E-state index is 0.0336. The molecule has 1 atom stereocenters. The van der Waals surface area contributed by atoms with E-state index in [2.05, 4.69) is 4.79 Å². The van der Waals surface area contributed by atoms with Crippen LogP contribution >= 0.6 is 0 Å². The second-order valence-electron chi connectivity index (χ2n) is 3.22. The van der Waals surface area contributed by atoms with Crippen molar-refractivity contribution in [3.8, 4) is 0 Å². The number of Topliss-reactive ketones (excluding diaryl/α,β-unsaturated/α-hetero) is 1. The van der Waals surface area contributed by atoms with Crippen LogP contribution in [0.5, 0.6) is 0 Å². The molecule has 0 aromatic rings. The molecule has 0 heterocycles. The van der Waals surface area contributed by atoms with Gasteiger partial charge in [-0.3, -0.25) is 4.79 Å². The lowest BCUT2D eigenvalue weighted by Gasteiger charge is -1.90. The number of carbonyl (C=O) groups is 1. The lowest BCUT2D eigenvalue weighted by atomic mass is 10.1. The number of carbonyl (C=O) groups excluding carboxylic acids is 1. The van der Waals surface area contributed by atoms with E-state index in [1.54, 1.807) is 0 Å². The molecule has 0 aromatic carbocycles. The fraction of sp³-hybridized carbons (Fsp3) is 0.714. The molecule has 52 valence electrons. The Labute approximate surface area is 58.7 Å². The third-order valence-corrected chi connectivity index (χ3v) is 2.53. The van der Waals surface area contributed by atoms with Gasteiger partial charge in [0.1, 0.15) is 5.78 Å². The third kappa shape index (κ3) is 0.582. The van der Waals surface area contributed by atoms with E-state index in [-0.39, 0.29) is 5.41 Å². The van der Waals surface area contributed by atoms with Crippen molar-refractivity contribution >= 4 is 11.5 Å². The van der Waals surface area contributed by atoms with Crippen LogP contribution in [0.4, 0.5) is 0 Å². The van der Waals surface area contributed by atoms with E-state index in [1.807, 2.05) is 0 Å². The second kappa shape index (κ2) is 1.55. The van der Waals surface area contributed by atoms with Gasteiger partial charge in [0.25, 0.3) is 5.71 Å². The van der Waals surface area contributed by atoms with E-state index < -0.39 is 0 Å². The van der Waals surface area contributed by atoms with E-state index in [9.17, 15) is 4.79 Å². The van der Waals surface area contributed by atoms with E-state index in [0.717, 1.165) is 18.6 Å². The molecule has 10 heavy (non-hydrogen) atoms. The Morgan fingerprint density at radius 1 is 1.50 bits per heavy atom. The molecule has 3 nitrogen and oxygen atoms in total. The zero-order valence-corrected chi connectivity index (χ0v) is 5.63. The first-order valence-corrected chi connectivity index (χ1v) is 3.50. The molecule has 0 aromatic heterocycles. The monoisotopic (exact) mass is 136 g/mol. The number of ketones is 1. The predicted octanol–water partition coefficient (Wildman–Crippen LogP) is 0.800. The van der Waals surface area contributed by atoms with Crippen molar-refractivity contribution in [1.82, 2.24) is 0 Å². The van der Waals surface area contributed by atoms with E-state index in [1.165, 1.54) is 0 Å². The molecule has 0 radical (unpaired) electrons. The van der Waals surface area contributed by atoms with Crippen LogP contribution in [0.2, 0.25) is 0 Å². The van der Waals surface area contributed by atoms with Gasteiger partial charge in [0.15, 0.2) is 0 Å². The van der Waals surface area contributed by atoms with Gasteiger partial charge in [-0.2, -0.15) is 4.79 Å². The van der Waals surface area contributed by atoms with Crippen molar-refractivity contribution in [2.24, 2.45) is 5.41 Å². The molecule has 2 aliphatic carbocycles. The molecule has 0 N–H and O–H groups in total. The van der Waals surface area contributed by atoms with E-state index in [0.29, 0.717) is 18.6 Å². The average Bonchev–Trinajstić information content (AvgIpc) is 2.46. The van der Waals surface area contributed by atoms with Crippen LogP contribution in [-0.4, -0.2) is 16.3 Å². The van der Waals surface area contributed by atoms with Crippen LogP contribution in [0.3, 0.4) is 0 Å². The molecule has 2 fully saturated rings. The van der Waals surface area contributed by atoms with Gasteiger partial charge in [0, 0.05) is 12.8 Å². The largest absolute Gasteiger partial charge is 0.362 e. The molecule has 1 spiro atoms. The smallest absolute Gasteiger partial charge is 0.277 e. The van der Waals surface area contributed by atoms with Crippen LogP contribution in [0, 0.1) is 5.41 Å². The maximum atomic E-state index is 10.8. The van der Waals surface area contributed by atoms with Gasteiger partial charge in [-0.05, 0) is 6.42 Å². The Balaban J connectivity index is 2.24. The van der Waals surface area contributed by atoms with Gasteiger partial charge in [0.05, 0.1) is 11.8 Å². The summed E-state index contributed by atoms with van der Waals surface area (Å²) >= 11 is 0. The molecular weight excluding hydrogens is 128 g/mol. The summed E-state index contributed by atoms with van der Waals surface area (Å²) in [6.45, 7) is 0. The van der Waals surface area contributed by atoms with Crippen LogP contribution < -0.4 is 0 Å². The number of hydrogen-bond donors (Lipinski definition) is 0. The van der Waals surface area contributed by atoms with Crippen LogP contribution in [0.15, 0.2) is 0 Å². The summed E-state index contributed by atoms with van der Waals surface area (Å²) in [7, 11) is 0. The van der Waals surface area contributed by atoms with Crippen molar-refractivity contribution in [3.05, 3.63) is 5.53 Å². The summed E-state index contributed by atoms with van der Waals surface area (Å²) in [6, 6.07) is 0. The van der Waals surface area contributed by atoms with Crippen LogP contribution in [0.1, 0.15) is 25.7 Å². The molecule has 0 bridgehead atoms. The summed E-state index contributed by atoms with van der Waals surface area (Å²) < 4.78 is 0. The molecule has 0 saturated heterocycles. The molecule has 3 heteroatoms. The molecule has 2 rings (SSSR count). The third-order valence-electron chi connectivity index (χ3n) is 2.53. The fourth-order valence-corrected chi connectivity index (χ4v) is 1.75. The second-order valence-corrected chi connectivity index (χ2v) is 3.22. The highest BCUT2D eigenvalue weighted by Gasteiger charge is 2.62. The Kier molecular flexibility index (Phi) is 0.902. The molecule has 0 aliphatic heterocycles. The molecule has 1 unspecified atom stereocenters. The lowest BCUT2D eigenvalue weighted by molar-refractivity contribution is -0.117. The highest BCUT2D eigenvalue weighted by Crippen LogP contribution is 2.52. The minimum Gasteiger partial charge on any atom is -0.362 e. The molecule has 2 saturated carbocycles. The zero-order valence-electron chi connectivity index (χ0n) is 5.63. The first kappa shape index (κ1) is 5.81. The lowest BCUT2D eigenvalue weighted by Crippen LogP contribution is -1.97. The Hall–Kier alpha value is -0.950. The maximum absolute atomic E-state index is 10.8. The van der Waals surface area contributed by atoms with Crippen molar-refractivity contribution < 1.29 is 9.58 Å². The van der Waals surface area contributed by atoms with Gasteiger partial charge in [-0.1, -0.05) is 0 Å². The Bertz CT molecular complexity index is 252. The summed E-state index contributed by atoms with van der Waals surface area (Å²) in [5.41, 5.74) is 9.26. The normalized spacial score (nSPS) is 36.8. The van der Waals surface area contributed by atoms with Crippen LogP contribution in [0.25, 0.3) is 5.53 Å². The standard InChI is InChI=1S/C7H8N2O/c8-9-6-4-7(6)2-1-5(10)3-7/h1-4H2. The summed E-state index contributed by atoms with van der Waals surface area (Å²) in [5, 5.41) is 0. The molecule has 0 amide bonds. The molecular formula is C7H8N2O. The topological polar surface area (TPSA) is 53.5 Å². The van der Waals surface area contributed by atoms with Gasteiger partial charge < -0.3 is 5.53 Å². The number of hydrogen-bond acceptors (Lipinski definition) is 1. The first-order valence-electron chi connectivity index (χ1n) is 3.50. The maximum Gasteiger partial charge on any atom is 0.277 e. The van der Waals surface area contributed by atoms with E-state index in [4.69, 9.17) is 5.53 Å². The minimum absolute atomic E-state index is 0.0336. The Morgan fingerprint density at radius 3 is 2.70 bits per heavy atom. The summed E-state index contributed by atoms with van der Waals surface area (Å²) in [4.78, 5) is 14.0. The van der Waals surface area contributed by atoms with Gasteiger partial charge in [-0.15, -0.1) is 0 Å². The molecule has 2 aliphatic rings. The number of nitrogens with zero attached hydrogens (tertiary/aromatic N) is 2.